The first-order chi connectivity index (χ1) is 7.06. The van der Waals surface area contributed by atoms with Crippen LogP contribution in [0.3, 0.4) is 0 Å². The first-order valence-corrected chi connectivity index (χ1v) is 4.57. The topological polar surface area (TPSA) is 64.3 Å². The van der Waals surface area contributed by atoms with Crippen molar-refractivity contribution >= 4 is 23.4 Å². The minimum Gasteiger partial charge on any atom is -0.465 e. The van der Waals surface area contributed by atoms with Crippen molar-refractivity contribution < 1.29 is 9.90 Å². The number of hydrogen-bond acceptors (Lipinski definition) is 2. The van der Waals surface area contributed by atoms with E-state index in [9.17, 15) is 4.79 Å². The first-order valence-electron chi connectivity index (χ1n) is 4.20. The van der Waals surface area contributed by atoms with E-state index in [1.165, 1.54) is 6.07 Å². The molecule has 1 aromatic rings. The number of benzene rings is 1. The average Bonchev–Trinajstić information content (AvgIpc) is 2.18. The van der Waals surface area contributed by atoms with Gasteiger partial charge in [0.05, 0.1) is 6.07 Å². The van der Waals surface area contributed by atoms with Gasteiger partial charge in [-0.05, 0) is 24.6 Å². The van der Waals surface area contributed by atoms with E-state index in [0.29, 0.717) is 10.7 Å². The van der Waals surface area contributed by atoms with Crippen LogP contribution in [0.2, 0.25) is 5.02 Å². The van der Waals surface area contributed by atoms with Crippen LogP contribution in [0.15, 0.2) is 18.2 Å². The maximum absolute atomic E-state index is 10.8. The van der Waals surface area contributed by atoms with Gasteiger partial charge >= 0.3 is 6.09 Å². The summed E-state index contributed by atoms with van der Waals surface area (Å²) in [6.45, 7) is 1.61. The van der Waals surface area contributed by atoms with Crippen LogP contribution >= 0.6 is 11.6 Å². The molecule has 0 saturated carbocycles. The molecule has 4 nitrogen and oxygen atoms in total. The highest BCUT2D eigenvalue weighted by Crippen LogP contribution is 2.22. The van der Waals surface area contributed by atoms with E-state index < -0.39 is 6.09 Å². The Morgan fingerprint density at radius 3 is 2.80 bits per heavy atom. The second-order valence-corrected chi connectivity index (χ2v) is 3.37. The predicted octanol–water partition coefficient (Wildman–Crippen LogP) is 2.66. The van der Waals surface area contributed by atoms with Gasteiger partial charge in [-0.2, -0.15) is 5.26 Å². The second kappa shape index (κ2) is 4.67. The number of hydrogen-bond donors (Lipinski definition) is 1. The fraction of sp³-hybridized carbons (Fsp3) is 0.200. The molecule has 0 aliphatic heterocycles. The third-order valence-electron chi connectivity index (χ3n) is 1.93. The Labute approximate surface area is 92.3 Å². The maximum atomic E-state index is 10.8. The Kier molecular flexibility index (Phi) is 3.53. The molecule has 0 saturated heterocycles. The molecule has 1 rings (SSSR count). The highest BCUT2D eigenvalue weighted by molar-refractivity contribution is 6.31. The van der Waals surface area contributed by atoms with Crippen LogP contribution in [-0.4, -0.2) is 17.7 Å². The van der Waals surface area contributed by atoms with Crippen LogP contribution in [0.5, 0.6) is 0 Å². The van der Waals surface area contributed by atoms with Crippen molar-refractivity contribution in [2.24, 2.45) is 0 Å². The molecule has 1 amide bonds. The number of amides is 1. The molecule has 0 fully saturated rings. The molecule has 15 heavy (non-hydrogen) atoms. The van der Waals surface area contributed by atoms with Crippen molar-refractivity contribution in [1.82, 2.24) is 0 Å². The van der Waals surface area contributed by atoms with E-state index in [0.717, 1.165) is 10.5 Å². The third-order valence-corrected chi connectivity index (χ3v) is 2.33. The Bertz CT molecular complexity index is 426. The van der Waals surface area contributed by atoms with Gasteiger partial charge in [-0.1, -0.05) is 17.7 Å². The van der Waals surface area contributed by atoms with Gasteiger partial charge in [-0.3, -0.25) is 4.90 Å². The van der Waals surface area contributed by atoms with Gasteiger partial charge in [0.15, 0.2) is 0 Å². The van der Waals surface area contributed by atoms with Crippen molar-refractivity contribution in [2.75, 3.05) is 11.4 Å². The van der Waals surface area contributed by atoms with E-state index in [2.05, 4.69) is 0 Å². The number of nitriles is 1. The van der Waals surface area contributed by atoms with Gasteiger partial charge in [0.1, 0.15) is 6.54 Å². The SMILES string of the molecule is Cc1ccc(N(CC#N)C(=O)O)cc1Cl. The number of carbonyl (C=O) groups is 1. The number of halogens is 1. The van der Waals surface area contributed by atoms with Gasteiger partial charge in [0.25, 0.3) is 0 Å². The molecule has 0 radical (unpaired) electrons. The molecular weight excluding hydrogens is 216 g/mol. The zero-order valence-corrected chi connectivity index (χ0v) is 8.82. The van der Waals surface area contributed by atoms with E-state index in [4.69, 9.17) is 22.0 Å². The molecule has 0 aromatic heterocycles. The lowest BCUT2D eigenvalue weighted by Crippen LogP contribution is -2.29. The number of aryl methyl sites for hydroxylation is 1. The van der Waals surface area contributed by atoms with Crippen LogP contribution in [0, 0.1) is 18.3 Å². The lowest BCUT2D eigenvalue weighted by atomic mass is 10.2. The Balaban J connectivity index is 3.07. The van der Waals surface area contributed by atoms with Gasteiger partial charge in [-0.15, -0.1) is 0 Å². The number of anilines is 1. The lowest BCUT2D eigenvalue weighted by molar-refractivity contribution is 0.202. The van der Waals surface area contributed by atoms with Crippen molar-refractivity contribution in [3.8, 4) is 6.07 Å². The largest absolute Gasteiger partial charge is 0.465 e. The van der Waals surface area contributed by atoms with Crippen LogP contribution in [0.25, 0.3) is 0 Å². The van der Waals surface area contributed by atoms with E-state index in [1.807, 2.05) is 6.92 Å². The van der Waals surface area contributed by atoms with Crippen molar-refractivity contribution in [2.45, 2.75) is 6.92 Å². The van der Waals surface area contributed by atoms with E-state index >= 15 is 0 Å². The van der Waals surface area contributed by atoms with Crippen LogP contribution in [0.4, 0.5) is 10.5 Å². The minimum absolute atomic E-state index is 0.214. The Morgan fingerprint density at radius 2 is 2.33 bits per heavy atom. The lowest BCUT2D eigenvalue weighted by Gasteiger charge is -2.16. The summed E-state index contributed by atoms with van der Waals surface area (Å²) in [4.78, 5) is 11.8. The van der Waals surface area contributed by atoms with Gasteiger partial charge < -0.3 is 5.11 Å². The summed E-state index contributed by atoms with van der Waals surface area (Å²) in [6, 6.07) is 6.64. The molecule has 0 aliphatic carbocycles. The maximum Gasteiger partial charge on any atom is 0.412 e. The summed E-state index contributed by atoms with van der Waals surface area (Å²) in [5.74, 6) is 0. The quantitative estimate of drug-likeness (QED) is 0.786. The van der Waals surface area contributed by atoms with Crippen molar-refractivity contribution in [3.63, 3.8) is 0 Å². The monoisotopic (exact) mass is 224 g/mol. The molecule has 0 atom stereocenters. The summed E-state index contributed by atoms with van der Waals surface area (Å²) in [7, 11) is 0. The Hall–Kier alpha value is -1.73. The third kappa shape index (κ3) is 2.61. The molecule has 0 unspecified atom stereocenters. The molecular formula is C10H9ClN2O2. The standard InChI is InChI=1S/C10H9ClN2O2/c1-7-2-3-8(6-9(7)11)13(5-4-12)10(14)15/h2-3,6H,5H2,1H3,(H,14,15). The molecule has 0 heterocycles. The summed E-state index contributed by atoms with van der Waals surface area (Å²) in [5, 5.41) is 17.8. The summed E-state index contributed by atoms with van der Waals surface area (Å²) in [5.41, 5.74) is 1.27. The zero-order valence-electron chi connectivity index (χ0n) is 8.07. The van der Waals surface area contributed by atoms with Gasteiger partial charge in [0.2, 0.25) is 0 Å². The summed E-state index contributed by atoms with van der Waals surface area (Å²) < 4.78 is 0. The highest BCUT2D eigenvalue weighted by Gasteiger charge is 2.14. The second-order valence-electron chi connectivity index (χ2n) is 2.96. The predicted molar refractivity (Wildman–Crippen MR) is 57.2 cm³/mol. The fourth-order valence-corrected chi connectivity index (χ4v) is 1.26. The normalized spacial score (nSPS) is 9.40. The van der Waals surface area contributed by atoms with Gasteiger partial charge in [-0.25, -0.2) is 4.79 Å². The molecule has 0 aliphatic rings. The van der Waals surface area contributed by atoms with Crippen LogP contribution < -0.4 is 4.90 Å². The van der Waals surface area contributed by atoms with Gasteiger partial charge in [0, 0.05) is 10.7 Å². The smallest absolute Gasteiger partial charge is 0.412 e. The summed E-state index contributed by atoms with van der Waals surface area (Å²) in [6.07, 6.45) is -1.17. The first kappa shape index (κ1) is 11.3. The van der Waals surface area contributed by atoms with Crippen molar-refractivity contribution in [3.05, 3.63) is 28.8 Å². The fourth-order valence-electron chi connectivity index (χ4n) is 1.09. The molecule has 1 N–H and O–H groups in total. The van der Waals surface area contributed by atoms with E-state index in [-0.39, 0.29) is 6.54 Å². The molecule has 0 bridgehead atoms. The molecule has 1 aromatic carbocycles. The van der Waals surface area contributed by atoms with Crippen LogP contribution in [0.1, 0.15) is 5.56 Å². The highest BCUT2D eigenvalue weighted by atomic mass is 35.5. The van der Waals surface area contributed by atoms with E-state index in [1.54, 1.807) is 18.2 Å². The Morgan fingerprint density at radius 1 is 1.67 bits per heavy atom. The number of carboxylic acid groups (broad SMARTS) is 1. The number of nitrogens with zero attached hydrogens (tertiary/aromatic N) is 2. The van der Waals surface area contributed by atoms with Crippen molar-refractivity contribution in [1.29, 1.82) is 5.26 Å². The molecule has 0 spiro atoms. The zero-order chi connectivity index (χ0) is 11.4. The molecule has 5 heteroatoms. The minimum atomic E-state index is -1.17. The average molecular weight is 225 g/mol. The summed E-state index contributed by atoms with van der Waals surface area (Å²) >= 11 is 5.86. The van der Waals surface area contributed by atoms with Crippen LogP contribution in [-0.2, 0) is 0 Å². The number of rotatable bonds is 2. The molecule has 78 valence electrons.